The van der Waals surface area contributed by atoms with E-state index in [2.05, 4.69) is 31.4 Å². The van der Waals surface area contributed by atoms with Crippen LogP contribution in [0.5, 0.6) is 0 Å². The van der Waals surface area contributed by atoms with Crippen molar-refractivity contribution < 1.29 is 24.3 Å². The van der Waals surface area contributed by atoms with Gasteiger partial charge in [-0.3, -0.25) is 19.5 Å². The van der Waals surface area contributed by atoms with Crippen LogP contribution in [0.2, 0.25) is 0 Å². The third-order valence-corrected chi connectivity index (χ3v) is 7.44. The lowest BCUT2D eigenvalue weighted by atomic mass is 10.0. The summed E-state index contributed by atoms with van der Waals surface area (Å²) in [6.07, 6.45) is 6.46. The molecule has 36 heavy (non-hydrogen) atoms. The highest BCUT2D eigenvalue weighted by Crippen LogP contribution is 2.41. The summed E-state index contributed by atoms with van der Waals surface area (Å²) < 4.78 is 3.97. The lowest BCUT2D eigenvalue weighted by Crippen LogP contribution is -2.71. The van der Waals surface area contributed by atoms with Gasteiger partial charge in [0.15, 0.2) is 5.13 Å². The largest absolute Gasteiger partial charge is 0.477 e. The molecule has 1 saturated heterocycles. The highest BCUT2D eigenvalue weighted by molar-refractivity contribution is 8.02. The van der Waals surface area contributed by atoms with E-state index in [-0.39, 0.29) is 29.0 Å². The Bertz CT molecular complexity index is 1280. The second kappa shape index (κ2) is 11.4. The van der Waals surface area contributed by atoms with Gasteiger partial charge < -0.3 is 21.0 Å². The lowest BCUT2D eigenvalue weighted by molar-refractivity contribution is -0.150. The molecule has 2 aliphatic rings. The molecule has 2 amide bonds. The summed E-state index contributed by atoms with van der Waals surface area (Å²) in [6, 6.07) is 2.71. The number of aromatic nitrogens is 3. The van der Waals surface area contributed by atoms with E-state index in [0.29, 0.717) is 11.3 Å². The Morgan fingerprint density at radius 2 is 2.31 bits per heavy atom. The molecule has 0 aliphatic carbocycles. The smallest absolute Gasteiger partial charge is 0.352 e. The SMILES string of the molecule is C=CCON=C(C(=O)NC1C(=O)N2C(C(=O)O)=C(C=CSc3cccnc3)CS[C@@H]12)c1nsc(N)n1. The van der Waals surface area contributed by atoms with Gasteiger partial charge in [-0.1, -0.05) is 29.6 Å². The Kier molecular flexibility index (Phi) is 8.02. The van der Waals surface area contributed by atoms with E-state index in [1.807, 2.05) is 6.07 Å². The number of allylic oxidation sites excluding steroid dienone is 1. The van der Waals surface area contributed by atoms with Crippen LogP contribution in [0.1, 0.15) is 5.82 Å². The number of carboxylic acids is 1. The van der Waals surface area contributed by atoms with Gasteiger partial charge in [0, 0.05) is 34.6 Å². The van der Waals surface area contributed by atoms with Gasteiger partial charge in [-0.05, 0) is 29.2 Å². The van der Waals surface area contributed by atoms with Crippen molar-refractivity contribution >= 4 is 63.7 Å². The molecule has 15 heteroatoms. The number of carboxylic acid groups (broad SMARTS) is 1. The highest BCUT2D eigenvalue weighted by Gasteiger charge is 2.54. The van der Waals surface area contributed by atoms with Crippen molar-refractivity contribution in [3.8, 4) is 0 Å². The number of hydrogen-bond acceptors (Lipinski definition) is 12. The van der Waals surface area contributed by atoms with Gasteiger partial charge in [-0.25, -0.2) is 4.79 Å². The number of fused-ring (bicyclic) bond motifs is 1. The molecule has 4 rings (SSSR count). The van der Waals surface area contributed by atoms with Crippen LogP contribution in [-0.2, 0) is 19.2 Å². The van der Waals surface area contributed by atoms with E-state index < -0.39 is 29.2 Å². The van der Waals surface area contributed by atoms with E-state index in [4.69, 9.17) is 10.6 Å². The maximum Gasteiger partial charge on any atom is 0.352 e. The number of β-lactam (4-membered cyclic amide) rings is 1. The van der Waals surface area contributed by atoms with Crippen molar-refractivity contribution in [1.82, 2.24) is 24.6 Å². The Balaban J connectivity index is 1.49. The molecule has 1 unspecified atom stereocenters. The normalized spacial score (nSPS) is 19.6. The topological polar surface area (TPSA) is 173 Å². The molecular formula is C21H19N7O5S3. The maximum absolute atomic E-state index is 12.9. The van der Waals surface area contributed by atoms with Crippen LogP contribution in [0.15, 0.2) is 70.0 Å². The van der Waals surface area contributed by atoms with E-state index >= 15 is 0 Å². The molecule has 1 fully saturated rings. The number of nitrogens with one attached hydrogen (secondary N) is 1. The lowest BCUT2D eigenvalue weighted by Gasteiger charge is -2.49. The molecule has 0 saturated carbocycles. The molecule has 2 aromatic rings. The standard InChI is InChI=1S/C21H19N7O5S3/c1-2-7-33-26-13(16-25-21(22)36-27-16)17(29)24-14-18(30)28-15(20(31)32)11(10-35-19(14)28)5-8-34-12-4-3-6-23-9-12/h2-6,8-9,14,19H,1,7,10H2,(H,24,29)(H,31,32)(H2,22,25,27)/t14?,19-/m0/s1. The van der Waals surface area contributed by atoms with Gasteiger partial charge in [-0.15, -0.1) is 11.8 Å². The van der Waals surface area contributed by atoms with E-state index in [9.17, 15) is 19.5 Å². The average molecular weight is 546 g/mol. The fraction of sp³-hybridized carbons (Fsp3) is 0.190. The molecule has 0 aromatic carbocycles. The number of aliphatic carboxylic acids is 1. The molecule has 4 N–H and O–H groups in total. The first-order valence-corrected chi connectivity index (χ1v) is 13.0. The molecule has 2 aliphatic heterocycles. The third-order valence-electron chi connectivity index (χ3n) is 4.81. The minimum Gasteiger partial charge on any atom is -0.477 e. The predicted molar refractivity (Wildman–Crippen MR) is 136 cm³/mol. The van der Waals surface area contributed by atoms with Crippen molar-refractivity contribution in [1.29, 1.82) is 0 Å². The number of oxime groups is 1. The van der Waals surface area contributed by atoms with Crippen molar-refractivity contribution in [2.24, 2.45) is 5.16 Å². The van der Waals surface area contributed by atoms with Gasteiger partial charge >= 0.3 is 5.97 Å². The molecule has 0 radical (unpaired) electrons. The zero-order valence-corrected chi connectivity index (χ0v) is 20.9. The van der Waals surface area contributed by atoms with Crippen LogP contribution < -0.4 is 11.1 Å². The second-order valence-corrected chi connectivity index (χ2v) is 10.00. The van der Waals surface area contributed by atoms with E-state index in [1.165, 1.54) is 34.5 Å². The number of carbonyl (C=O) groups excluding carboxylic acids is 2. The van der Waals surface area contributed by atoms with Crippen LogP contribution in [0.3, 0.4) is 0 Å². The van der Waals surface area contributed by atoms with Crippen LogP contribution in [0.4, 0.5) is 5.13 Å². The Morgan fingerprint density at radius 3 is 2.97 bits per heavy atom. The van der Waals surface area contributed by atoms with Gasteiger partial charge in [0.2, 0.25) is 11.5 Å². The van der Waals surface area contributed by atoms with Crippen LogP contribution in [0, 0.1) is 0 Å². The maximum atomic E-state index is 12.9. The van der Waals surface area contributed by atoms with Crippen LogP contribution in [-0.4, -0.2) is 71.6 Å². The first kappa shape index (κ1) is 25.4. The molecule has 186 valence electrons. The number of amides is 2. The first-order chi connectivity index (χ1) is 17.4. The number of anilines is 1. The summed E-state index contributed by atoms with van der Waals surface area (Å²) in [4.78, 5) is 53.0. The number of carbonyl (C=O) groups is 3. The fourth-order valence-corrected chi connectivity index (χ4v) is 5.68. The predicted octanol–water partition coefficient (Wildman–Crippen LogP) is 1.47. The summed E-state index contributed by atoms with van der Waals surface area (Å²) in [6.45, 7) is 3.54. The monoisotopic (exact) mass is 545 g/mol. The number of nitrogen functional groups attached to an aromatic ring is 1. The van der Waals surface area contributed by atoms with Crippen molar-refractivity contribution in [3.63, 3.8) is 0 Å². The molecule has 4 heterocycles. The van der Waals surface area contributed by atoms with Crippen LogP contribution in [0.25, 0.3) is 0 Å². The van der Waals surface area contributed by atoms with Gasteiger partial charge in [0.1, 0.15) is 23.7 Å². The Morgan fingerprint density at radius 1 is 1.47 bits per heavy atom. The summed E-state index contributed by atoms with van der Waals surface area (Å²) >= 11 is 3.59. The number of thioether (sulfide) groups is 2. The zero-order chi connectivity index (χ0) is 25.7. The van der Waals surface area contributed by atoms with Crippen molar-refractivity contribution in [2.75, 3.05) is 18.1 Å². The molecule has 12 nitrogen and oxygen atoms in total. The van der Waals surface area contributed by atoms with E-state index in [0.717, 1.165) is 16.4 Å². The molecule has 0 bridgehead atoms. The Labute approximate surface area is 217 Å². The third kappa shape index (κ3) is 5.42. The Hall–Kier alpha value is -3.69. The second-order valence-electron chi connectivity index (χ2n) is 7.13. The summed E-state index contributed by atoms with van der Waals surface area (Å²) in [5.74, 6) is -2.26. The number of rotatable bonds is 10. The minimum absolute atomic E-state index is 0.0349. The summed E-state index contributed by atoms with van der Waals surface area (Å²) in [5.41, 5.74) is 5.72. The van der Waals surface area contributed by atoms with Gasteiger partial charge in [-0.2, -0.15) is 9.36 Å². The molecule has 0 spiro atoms. The fourth-order valence-electron chi connectivity index (χ4n) is 3.26. The van der Waals surface area contributed by atoms with Crippen molar-refractivity contribution in [2.45, 2.75) is 16.3 Å². The van der Waals surface area contributed by atoms with Gasteiger partial charge in [0.25, 0.3) is 11.8 Å². The average Bonchev–Trinajstić information content (AvgIpc) is 3.30. The molecule has 2 atom stereocenters. The number of nitrogens with two attached hydrogens (primary N) is 1. The zero-order valence-electron chi connectivity index (χ0n) is 18.4. The number of hydrogen-bond donors (Lipinski definition) is 3. The minimum atomic E-state index is -1.23. The first-order valence-electron chi connectivity index (χ1n) is 10.3. The van der Waals surface area contributed by atoms with Crippen molar-refractivity contribution in [3.05, 3.63) is 65.8 Å². The number of nitrogens with zero attached hydrogens (tertiary/aromatic N) is 5. The summed E-state index contributed by atoms with van der Waals surface area (Å²) in [5, 5.41) is 17.5. The van der Waals surface area contributed by atoms with E-state index in [1.54, 1.807) is 29.9 Å². The van der Waals surface area contributed by atoms with Gasteiger partial charge in [0.05, 0.1) is 0 Å². The molecule has 2 aromatic heterocycles. The number of pyridine rings is 1. The highest BCUT2D eigenvalue weighted by atomic mass is 32.2. The van der Waals surface area contributed by atoms with Crippen LogP contribution >= 0.6 is 35.1 Å². The quantitative estimate of drug-likeness (QED) is 0.0985. The summed E-state index contributed by atoms with van der Waals surface area (Å²) in [7, 11) is 0. The molecular weight excluding hydrogens is 526 g/mol.